The first kappa shape index (κ1) is 6.55. The second-order valence-electron chi connectivity index (χ2n) is 3.22. The van der Waals surface area contributed by atoms with Crippen LogP contribution in [0.3, 0.4) is 0 Å². The summed E-state index contributed by atoms with van der Waals surface area (Å²) >= 11 is 0. The van der Waals surface area contributed by atoms with Crippen molar-refractivity contribution in [1.82, 2.24) is 10.2 Å². The molecule has 0 aliphatic heterocycles. The summed E-state index contributed by atoms with van der Waals surface area (Å²) in [6, 6.07) is 2.06. The molecule has 0 bridgehead atoms. The predicted octanol–water partition coefficient (Wildman–Crippen LogP) is 0.955. The fourth-order valence-electron chi connectivity index (χ4n) is 0.674. The average molecular weight is 140 g/mol. The standard InChI is InChI=1S/C6H12N2Si/c1-9(2,3)6-4-5-7-8-6/h4-5H,1-3H3,(H,7,8). The van der Waals surface area contributed by atoms with E-state index in [2.05, 4.69) is 35.9 Å². The lowest BCUT2D eigenvalue weighted by atomic mass is 10.8. The number of aromatic amines is 1. The van der Waals surface area contributed by atoms with Crippen molar-refractivity contribution in [2.24, 2.45) is 0 Å². The molecule has 1 N–H and O–H groups in total. The third-order valence-electron chi connectivity index (χ3n) is 1.31. The molecule has 0 aliphatic rings. The van der Waals surface area contributed by atoms with E-state index in [1.54, 1.807) is 0 Å². The van der Waals surface area contributed by atoms with Crippen molar-refractivity contribution in [3.63, 3.8) is 0 Å². The van der Waals surface area contributed by atoms with Gasteiger partial charge >= 0.3 is 0 Å². The molecular weight excluding hydrogens is 128 g/mol. The normalized spacial score (nSPS) is 11.9. The maximum absolute atomic E-state index is 3.90. The Kier molecular flexibility index (Phi) is 1.44. The molecule has 0 amide bonds. The molecule has 0 saturated heterocycles. The Morgan fingerprint density at radius 3 is 2.33 bits per heavy atom. The van der Waals surface area contributed by atoms with E-state index in [1.807, 2.05) is 6.20 Å². The van der Waals surface area contributed by atoms with Gasteiger partial charge in [-0.15, -0.1) is 0 Å². The van der Waals surface area contributed by atoms with Crippen LogP contribution in [0.5, 0.6) is 0 Å². The van der Waals surface area contributed by atoms with Crippen molar-refractivity contribution in [2.75, 3.05) is 0 Å². The summed E-state index contributed by atoms with van der Waals surface area (Å²) in [5.74, 6) is 0. The van der Waals surface area contributed by atoms with Crippen molar-refractivity contribution >= 4 is 13.4 Å². The van der Waals surface area contributed by atoms with Crippen LogP contribution in [-0.2, 0) is 0 Å². The Labute approximate surface area is 56.3 Å². The summed E-state index contributed by atoms with van der Waals surface area (Å²) in [5.41, 5.74) is 0. The summed E-state index contributed by atoms with van der Waals surface area (Å²) in [7, 11) is -1.10. The molecule has 0 saturated carbocycles. The molecule has 0 unspecified atom stereocenters. The van der Waals surface area contributed by atoms with Gasteiger partial charge in [0.25, 0.3) is 0 Å². The van der Waals surface area contributed by atoms with Gasteiger partial charge in [-0.2, -0.15) is 5.10 Å². The fraction of sp³-hybridized carbons (Fsp3) is 0.500. The number of aromatic nitrogens is 2. The van der Waals surface area contributed by atoms with Gasteiger partial charge in [-0.25, -0.2) is 0 Å². The van der Waals surface area contributed by atoms with Gasteiger partial charge in [0.15, 0.2) is 0 Å². The summed E-state index contributed by atoms with van der Waals surface area (Å²) < 4.78 is 0. The topological polar surface area (TPSA) is 28.7 Å². The van der Waals surface area contributed by atoms with Gasteiger partial charge in [-0.05, 0) is 6.07 Å². The lowest BCUT2D eigenvalue weighted by Gasteiger charge is -2.11. The van der Waals surface area contributed by atoms with E-state index < -0.39 is 8.07 Å². The quantitative estimate of drug-likeness (QED) is 0.578. The first-order chi connectivity index (χ1) is 4.11. The number of hydrogen-bond acceptors (Lipinski definition) is 1. The smallest absolute Gasteiger partial charge is 0.100 e. The largest absolute Gasteiger partial charge is 0.287 e. The van der Waals surface area contributed by atoms with Gasteiger partial charge in [0.05, 0.1) is 0 Å². The van der Waals surface area contributed by atoms with Gasteiger partial charge < -0.3 is 0 Å². The van der Waals surface area contributed by atoms with Crippen LogP contribution in [0.4, 0.5) is 0 Å². The van der Waals surface area contributed by atoms with Crippen LogP contribution in [0.25, 0.3) is 0 Å². The van der Waals surface area contributed by atoms with E-state index in [0.29, 0.717) is 0 Å². The zero-order chi connectivity index (χ0) is 6.91. The van der Waals surface area contributed by atoms with Gasteiger partial charge in [-0.1, -0.05) is 19.6 Å². The van der Waals surface area contributed by atoms with Crippen LogP contribution in [-0.4, -0.2) is 18.3 Å². The zero-order valence-electron chi connectivity index (χ0n) is 6.10. The second-order valence-corrected chi connectivity index (χ2v) is 8.26. The third kappa shape index (κ3) is 1.42. The molecule has 0 spiro atoms. The van der Waals surface area contributed by atoms with E-state index in [0.717, 1.165) is 0 Å². The number of nitrogens with zero attached hydrogens (tertiary/aromatic N) is 1. The van der Waals surface area contributed by atoms with Crippen LogP contribution in [0.1, 0.15) is 0 Å². The van der Waals surface area contributed by atoms with E-state index in [9.17, 15) is 0 Å². The highest BCUT2D eigenvalue weighted by Gasteiger charge is 2.16. The summed E-state index contributed by atoms with van der Waals surface area (Å²) in [4.78, 5) is 0. The van der Waals surface area contributed by atoms with E-state index in [1.165, 1.54) is 5.32 Å². The van der Waals surface area contributed by atoms with Gasteiger partial charge in [0.1, 0.15) is 8.07 Å². The molecule has 1 rings (SSSR count). The van der Waals surface area contributed by atoms with E-state index >= 15 is 0 Å². The Hall–Kier alpha value is -0.573. The van der Waals surface area contributed by atoms with Crippen molar-refractivity contribution in [3.8, 4) is 0 Å². The van der Waals surface area contributed by atoms with Crippen molar-refractivity contribution in [3.05, 3.63) is 12.3 Å². The highest BCUT2D eigenvalue weighted by Crippen LogP contribution is 1.97. The maximum atomic E-state index is 3.90. The molecule has 0 radical (unpaired) electrons. The zero-order valence-corrected chi connectivity index (χ0v) is 7.10. The molecule has 0 aliphatic carbocycles. The van der Waals surface area contributed by atoms with Crippen molar-refractivity contribution in [1.29, 1.82) is 0 Å². The third-order valence-corrected chi connectivity index (χ3v) is 3.20. The second kappa shape index (κ2) is 1.99. The molecule has 1 heterocycles. The molecular formula is C6H12N2Si. The minimum atomic E-state index is -1.10. The van der Waals surface area contributed by atoms with Gasteiger partial charge in [0.2, 0.25) is 0 Å². The van der Waals surface area contributed by atoms with Crippen molar-refractivity contribution < 1.29 is 0 Å². The molecule has 0 aromatic carbocycles. The molecule has 3 heteroatoms. The number of H-pyrrole nitrogens is 1. The summed E-state index contributed by atoms with van der Waals surface area (Å²) in [6.07, 6.45) is 1.81. The lowest BCUT2D eigenvalue weighted by molar-refractivity contribution is 1.11. The average Bonchev–Trinajstić information content (AvgIpc) is 2.08. The summed E-state index contributed by atoms with van der Waals surface area (Å²) in [5, 5.41) is 8.21. The monoisotopic (exact) mass is 140 g/mol. The van der Waals surface area contributed by atoms with Crippen LogP contribution in [0.2, 0.25) is 19.6 Å². The SMILES string of the molecule is C[Si](C)(C)c1ccn[nH]1. The number of nitrogens with one attached hydrogen (secondary N) is 1. The van der Waals surface area contributed by atoms with Crippen LogP contribution in [0, 0.1) is 0 Å². The van der Waals surface area contributed by atoms with Crippen LogP contribution < -0.4 is 5.32 Å². The molecule has 2 nitrogen and oxygen atoms in total. The molecule has 1 aromatic heterocycles. The Morgan fingerprint density at radius 1 is 1.44 bits per heavy atom. The Balaban J connectivity index is 2.90. The Bertz CT molecular complexity index is 173. The van der Waals surface area contributed by atoms with Gasteiger partial charge in [0, 0.05) is 11.5 Å². The van der Waals surface area contributed by atoms with Crippen LogP contribution >= 0.6 is 0 Å². The molecule has 0 atom stereocenters. The fourth-order valence-corrected chi connectivity index (χ4v) is 1.65. The Morgan fingerprint density at radius 2 is 2.11 bits per heavy atom. The molecule has 0 fully saturated rings. The maximum Gasteiger partial charge on any atom is 0.100 e. The highest BCUT2D eigenvalue weighted by atomic mass is 28.3. The van der Waals surface area contributed by atoms with Crippen LogP contribution in [0.15, 0.2) is 12.3 Å². The summed E-state index contributed by atoms with van der Waals surface area (Å²) in [6.45, 7) is 6.88. The van der Waals surface area contributed by atoms with E-state index in [-0.39, 0.29) is 0 Å². The molecule has 50 valence electrons. The first-order valence-electron chi connectivity index (χ1n) is 3.10. The molecule has 9 heavy (non-hydrogen) atoms. The molecule has 1 aromatic rings. The van der Waals surface area contributed by atoms with Gasteiger partial charge in [-0.3, -0.25) is 5.10 Å². The number of hydrogen-bond donors (Lipinski definition) is 1. The highest BCUT2D eigenvalue weighted by molar-refractivity contribution is 6.88. The number of rotatable bonds is 1. The minimum absolute atomic E-state index is 1.10. The minimum Gasteiger partial charge on any atom is -0.287 e. The first-order valence-corrected chi connectivity index (χ1v) is 6.60. The van der Waals surface area contributed by atoms with Crippen molar-refractivity contribution in [2.45, 2.75) is 19.6 Å². The lowest BCUT2D eigenvalue weighted by Crippen LogP contribution is -2.38. The predicted molar refractivity (Wildman–Crippen MR) is 41.6 cm³/mol. The van der Waals surface area contributed by atoms with E-state index in [4.69, 9.17) is 0 Å².